The van der Waals surface area contributed by atoms with Gasteiger partial charge in [0.05, 0.1) is 11.8 Å². The van der Waals surface area contributed by atoms with E-state index in [1.165, 1.54) is 15.9 Å². The molecule has 27 heavy (non-hydrogen) atoms. The minimum atomic E-state index is -0.0664. The number of benzene rings is 2. The zero-order valence-corrected chi connectivity index (χ0v) is 15.3. The van der Waals surface area contributed by atoms with Gasteiger partial charge >= 0.3 is 0 Å². The summed E-state index contributed by atoms with van der Waals surface area (Å²) in [4.78, 5) is 17.9. The zero-order chi connectivity index (χ0) is 18.4. The van der Waals surface area contributed by atoms with Gasteiger partial charge in [-0.3, -0.25) is 4.79 Å². The maximum atomic E-state index is 12.6. The van der Waals surface area contributed by atoms with Gasteiger partial charge in [0.1, 0.15) is 15.2 Å². The second-order valence-corrected chi connectivity index (χ2v) is 7.28. The summed E-state index contributed by atoms with van der Waals surface area (Å²) in [6.07, 6.45) is 1.56. The van der Waals surface area contributed by atoms with Crippen LogP contribution >= 0.6 is 11.3 Å². The number of aryl methyl sites for hydroxylation is 1. The second-order valence-electron chi connectivity index (χ2n) is 6.28. The summed E-state index contributed by atoms with van der Waals surface area (Å²) in [5, 5.41) is 9.84. The highest BCUT2D eigenvalue weighted by Crippen LogP contribution is 2.40. The Hall–Kier alpha value is -3.38. The van der Waals surface area contributed by atoms with Gasteiger partial charge in [-0.25, -0.2) is 4.98 Å². The third-order valence-electron chi connectivity index (χ3n) is 4.58. The fourth-order valence-corrected chi connectivity index (χ4v) is 4.34. The van der Waals surface area contributed by atoms with Crippen LogP contribution < -0.4 is 5.56 Å². The van der Waals surface area contributed by atoms with Gasteiger partial charge in [0.25, 0.3) is 5.56 Å². The molecule has 0 fully saturated rings. The molecule has 3 aromatic heterocycles. The summed E-state index contributed by atoms with van der Waals surface area (Å²) in [6, 6.07) is 20.0. The lowest BCUT2D eigenvalue weighted by atomic mass is 9.97. The summed E-state index contributed by atoms with van der Waals surface area (Å²) in [5.41, 5.74) is 4.37. The van der Waals surface area contributed by atoms with Crippen molar-refractivity contribution in [2.45, 2.75) is 0 Å². The second kappa shape index (κ2) is 6.10. The Morgan fingerprint density at radius 3 is 2.26 bits per heavy atom. The number of hydrogen-bond acceptors (Lipinski definition) is 5. The van der Waals surface area contributed by atoms with E-state index in [4.69, 9.17) is 0 Å². The Balaban J connectivity index is 1.99. The largest absolute Gasteiger partial charge is 0.301 e. The van der Waals surface area contributed by atoms with E-state index in [0.717, 1.165) is 32.6 Å². The number of fused-ring (bicyclic) bond motifs is 3. The smallest absolute Gasteiger partial charge is 0.271 e. The quantitative estimate of drug-likeness (QED) is 0.465. The predicted octanol–water partition coefficient (Wildman–Crippen LogP) is 4.27. The first-order valence-corrected chi connectivity index (χ1v) is 9.31. The molecule has 0 saturated heterocycles. The molecule has 0 amide bonds. The van der Waals surface area contributed by atoms with Crippen LogP contribution in [0.1, 0.15) is 0 Å². The topological polar surface area (TPSA) is 60.7 Å². The van der Waals surface area contributed by atoms with Crippen LogP contribution in [0.3, 0.4) is 0 Å². The van der Waals surface area contributed by atoms with Gasteiger partial charge in [0, 0.05) is 23.6 Å². The summed E-state index contributed by atoms with van der Waals surface area (Å²) >= 11 is 1.35. The minimum Gasteiger partial charge on any atom is -0.301 e. The molecule has 6 heteroatoms. The molecule has 0 aliphatic carbocycles. The van der Waals surface area contributed by atoms with E-state index in [2.05, 4.69) is 15.2 Å². The Labute approximate surface area is 158 Å². The molecule has 0 N–H and O–H groups in total. The number of hydrogen-bond donors (Lipinski definition) is 0. The maximum absolute atomic E-state index is 12.6. The van der Waals surface area contributed by atoms with Gasteiger partial charge in [-0.1, -0.05) is 60.7 Å². The maximum Gasteiger partial charge on any atom is 0.271 e. The molecule has 0 spiro atoms. The molecular formula is C21H14N4OS. The van der Waals surface area contributed by atoms with E-state index in [9.17, 15) is 4.79 Å². The standard InChI is InChI=1S/C21H14N4OS/c1-25-12-22-18-16-15(13-8-4-2-5-9-13)17(14-10-6-3-7-11-14)23-24-20(16)27-19(18)21(25)26/h2-12H,1H3. The van der Waals surface area contributed by atoms with Crippen LogP contribution in [-0.2, 0) is 7.05 Å². The van der Waals surface area contributed by atoms with Crippen LogP contribution in [0.2, 0.25) is 0 Å². The average molecular weight is 370 g/mol. The SMILES string of the molecule is Cn1cnc2c(sc3nnc(-c4ccccc4)c(-c4ccccc4)c32)c1=O. The first-order chi connectivity index (χ1) is 13.2. The van der Waals surface area contributed by atoms with Crippen LogP contribution in [0.4, 0.5) is 0 Å². The van der Waals surface area contributed by atoms with E-state index in [0.29, 0.717) is 10.2 Å². The Bertz CT molecular complexity index is 1340. The molecule has 5 aromatic rings. The van der Waals surface area contributed by atoms with Crippen LogP contribution in [-0.4, -0.2) is 19.7 Å². The zero-order valence-electron chi connectivity index (χ0n) is 14.5. The number of nitrogens with zero attached hydrogens (tertiary/aromatic N) is 4. The van der Waals surface area contributed by atoms with Gasteiger partial charge in [0.2, 0.25) is 0 Å². The third kappa shape index (κ3) is 2.45. The molecule has 0 unspecified atom stereocenters. The van der Waals surface area contributed by atoms with Crippen molar-refractivity contribution in [3.63, 3.8) is 0 Å². The Morgan fingerprint density at radius 1 is 0.889 bits per heavy atom. The van der Waals surface area contributed by atoms with Gasteiger partial charge in [-0.2, -0.15) is 0 Å². The molecule has 2 aromatic carbocycles. The monoisotopic (exact) mass is 370 g/mol. The van der Waals surface area contributed by atoms with Crippen LogP contribution in [0, 0.1) is 0 Å². The van der Waals surface area contributed by atoms with E-state index in [1.54, 1.807) is 13.4 Å². The fourth-order valence-electron chi connectivity index (χ4n) is 3.28. The van der Waals surface area contributed by atoms with E-state index < -0.39 is 0 Å². The van der Waals surface area contributed by atoms with Crippen molar-refractivity contribution < 1.29 is 0 Å². The summed E-state index contributed by atoms with van der Waals surface area (Å²) in [5.74, 6) is 0. The van der Waals surface area contributed by atoms with Crippen molar-refractivity contribution in [2.75, 3.05) is 0 Å². The number of rotatable bonds is 2. The van der Waals surface area contributed by atoms with Gasteiger partial charge in [-0.05, 0) is 5.56 Å². The highest BCUT2D eigenvalue weighted by atomic mass is 32.1. The Morgan fingerprint density at radius 2 is 1.56 bits per heavy atom. The van der Waals surface area contributed by atoms with Crippen LogP contribution in [0.15, 0.2) is 71.8 Å². The van der Waals surface area contributed by atoms with Crippen molar-refractivity contribution >= 4 is 31.8 Å². The van der Waals surface area contributed by atoms with E-state index in [1.807, 2.05) is 60.7 Å². The molecule has 130 valence electrons. The van der Waals surface area contributed by atoms with Gasteiger partial charge in [-0.15, -0.1) is 21.5 Å². The minimum absolute atomic E-state index is 0.0664. The van der Waals surface area contributed by atoms with Crippen LogP contribution in [0.5, 0.6) is 0 Å². The van der Waals surface area contributed by atoms with Crippen molar-refractivity contribution in [3.8, 4) is 22.4 Å². The average Bonchev–Trinajstić information content (AvgIpc) is 3.11. The van der Waals surface area contributed by atoms with Crippen molar-refractivity contribution in [3.05, 3.63) is 77.3 Å². The normalized spacial score (nSPS) is 11.3. The lowest BCUT2D eigenvalue weighted by Gasteiger charge is -2.10. The van der Waals surface area contributed by atoms with E-state index >= 15 is 0 Å². The van der Waals surface area contributed by atoms with Crippen molar-refractivity contribution in [1.82, 2.24) is 19.7 Å². The molecule has 5 rings (SSSR count). The summed E-state index contributed by atoms with van der Waals surface area (Å²) in [7, 11) is 1.71. The molecule has 0 radical (unpaired) electrons. The molecule has 0 atom stereocenters. The van der Waals surface area contributed by atoms with Gasteiger partial charge < -0.3 is 4.57 Å². The highest BCUT2D eigenvalue weighted by Gasteiger charge is 2.20. The lowest BCUT2D eigenvalue weighted by molar-refractivity contribution is 0.845. The number of thiophene rings is 1. The summed E-state index contributed by atoms with van der Waals surface area (Å²) < 4.78 is 2.09. The molecule has 0 aliphatic rings. The number of aromatic nitrogens is 4. The first-order valence-electron chi connectivity index (χ1n) is 8.49. The lowest BCUT2D eigenvalue weighted by Crippen LogP contribution is -2.15. The molecule has 0 aliphatic heterocycles. The van der Waals surface area contributed by atoms with E-state index in [-0.39, 0.29) is 5.56 Å². The molecular weight excluding hydrogens is 356 g/mol. The molecule has 3 heterocycles. The first kappa shape index (κ1) is 15.8. The summed E-state index contributed by atoms with van der Waals surface area (Å²) in [6.45, 7) is 0. The van der Waals surface area contributed by atoms with Gasteiger partial charge in [0.15, 0.2) is 0 Å². The van der Waals surface area contributed by atoms with Crippen LogP contribution in [0.25, 0.3) is 42.8 Å². The molecule has 0 saturated carbocycles. The van der Waals surface area contributed by atoms with Crippen molar-refractivity contribution in [2.24, 2.45) is 7.05 Å². The predicted molar refractivity (Wildman–Crippen MR) is 109 cm³/mol. The highest BCUT2D eigenvalue weighted by molar-refractivity contribution is 7.25. The third-order valence-corrected chi connectivity index (χ3v) is 5.63. The molecule has 5 nitrogen and oxygen atoms in total. The fraction of sp³-hybridized carbons (Fsp3) is 0.0476. The molecule has 0 bridgehead atoms. The Kier molecular flexibility index (Phi) is 3.58. The van der Waals surface area contributed by atoms with Crippen molar-refractivity contribution in [1.29, 1.82) is 0 Å².